The van der Waals surface area contributed by atoms with Crippen LogP contribution >= 0.6 is 11.3 Å². The van der Waals surface area contributed by atoms with Crippen LogP contribution in [0.3, 0.4) is 0 Å². The third-order valence-corrected chi connectivity index (χ3v) is 8.20. The molecule has 1 aromatic carbocycles. The predicted molar refractivity (Wildman–Crippen MR) is 108 cm³/mol. The second-order valence-electron chi connectivity index (χ2n) is 7.63. The zero-order valence-corrected chi connectivity index (χ0v) is 17.4. The Morgan fingerprint density at radius 3 is 2.46 bits per heavy atom. The molecule has 1 aliphatic heterocycles. The van der Waals surface area contributed by atoms with E-state index in [2.05, 4.69) is 4.72 Å². The Hall–Kier alpha value is -1.71. The molecule has 9 heteroatoms. The van der Waals surface area contributed by atoms with Crippen molar-refractivity contribution >= 4 is 32.7 Å². The van der Waals surface area contributed by atoms with Crippen LogP contribution in [0.4, 0.5) is 20.2 Å². The lowest BCUT2D eigenvalue weighted by Crippen LogP contribution is -2.39. The molecule has 154 valence electrons. The van der Waals surface area contributed by atoms with Crippen molar-refractivity contribution in [3.05, 3.63) is 41.3 Å². The van der Waals surface area contributed by atoms with Gasteiger partial charge in [0.05, 0.1) is 18.0 Å². The van der Waals surface area contributed by atoms with Gasteiger partial charge in [-0.1, -0.05) is 26.0 Å². The standard InChI is InChI=1S/C19H24F2N2O3S2/c1-18(2,13-24)16-7-8-17(27-16)28(25,26)22-14-5-3-4-6-15(14)23-11-9-19(20,21)10-12-23/h3-8,22,24H,9-13H2,1-2H3. The first-order valence-electron chi connectivity index (χ1n) is 9.00. The zero-order valence-electron chi connectivity index (χ0n) is 15.8. The van der Waals surface area contributed by atoms with Gasteiger partial charge in [0.2, 0.25) is 0 Å². The van der Waals surface area contributed by atoms with E-state index in [-0.39, 0.29) is 36.7 Å². The number of nitrogens with zero attached hydrogens (tertiary/aromatic N) is 1. The summed E-state index contributed by atoms with van der Waals surface area (Å²) in [7, 11) is -3.83. The summed E-state index contributed by atoms with van der Waals surface area (Å²) in [5, 5.41) is 9.49. The number of nitrogens with one attached hydrogen (secondary N) is 1. The van der Waals surface area contributed by atoms with Gasteiger partial charge in [0, 0.05) is 36.2 Å². The summed E-state index contributed by atoms with van der Waals surface area (Å²) in [5.74, 6) is -2.67. The summed E-state index contributed by atoms with van der Waals surface area (Å²) in [5.41, 5.74) is 0.424. The van der Waals surface area contributed by atoms with Crippen molar-refractivity contribution in [3.8, 4) is 0 Å². The molecule has 1 aliphatic rings. The average molecular weight is 431 g/mol. The molecule has 0 spiro atoms. The second kappa shape index (κ2) is 7.61. The van der Waals surface area contributed by atoms with Crippen molar-refractivity contribution in [1.82, 2.24) is 0 Å². The van der Waals surface area contributed by atoms with Gasteiger partial charge in [-0.15, -0.1) is 11.3 Å². The average Bonchev–Trinajstić information content (AvgIpc) is 3.14. The molecule has 28 heavy (non-hydrogen) atoms. The highest BCUT2D eigenvalue weighted by atomic mass is 32.2. The number of alkyl halides is 2. The number of thiophene rings is 1. The van der Waals surface area contributed by atoms with Gasteiger partial charge >= 0.3 is 0 Å². The number of sulfonamides is 1. The summed E-state index contributed by atoms with van der Waals surface area (Å²) in [6.07, 6.45) is -0.503. The second-order valence-corrected chi connectivity index (χ2v) is 10.6. The van der Waals surface area contributed by atoms with E-state index in [4.69, 9.17) is 0 Å². The Labute approximate surface area is 168 Å². The first-order chi connectivity index (χ1) is 13.0. The predicted octanol–water partition coefficient (Wildman–Crippen LogP) is 4.05. The first-order valence-corrected chi connectivity index (χ1v) is 11.3. The van der Waals surface area contributed by atoms with Crippen molar-refractivity contribution in [2.45, 2.75) is 42.2 Å². The fraction of sp³-hybridized carbons (Fsp3) is 0.474. The Bertz CT molecular complexity index is 932. The molecule has 0 radical (unpaired) electrons. The van der Waals surface area contributed by atoms with E-state index < -0.39 is 21.4 Å². The number of halogens is 2. The molecule has 0 saturated carbocycles. The van der Waals surface area contributed by atoms with Crippen LogP contribution in [0.15, 0.2) is 40.6 Å². The molecule has 2 aromatic rings. The van der Waals surface area contributed by atoms with Gasteiger partial charge in [-0.25, -0.2) is 17.2 Å². The maximum atomic E-state index is 13.5. The minimum absolute atomic E-state index is 0.0944. The molecule has 5 nitrogen and oxygen atoms in total. The molecule has 0 bridgehead atoms. The van der Waals surface area contributed by atoms with Crippen LogP contribution in [0, 0.1) is 0 Å². The number of piperidine rings is 1. The normalized spacial score (nSPS) is 17.5. The summed E-state index contributed by atoms with van der Waals surface area (Å²) >= 11 is 1.11. The maximum Gasteiger partial charge on any atom is 0.271 e. The molecule has 0 aliphatic carbocycles. The van der Waals surface area contributed by atoms with Crippen molar-refractivity contribution < 1.29 is 22.3 Å². The van der Waals surface area contributed by atoms with Crippen LogP contribution in [0.5, 0.6) is 0 Å². The molecular formula is C19H24F2N2O3S2. The SMILES string of the molecule is CC(C)(CO)c1ccc(S(=O)(=O)Nc2ccccc2N2CCC(F)(F)CC2)s1. The van der Waals surface area contributed by atoms with Gasteiger partial charge in [-0.3, -0.25) is 4.72 Å². The molecule has 2 N–H and O–H groups in total. The molecule has 0 unspecified atom stereocenters. The number of hydrogen-bond donors (Lipinski definition) is 2. The smallest absolute Gasteiger partial charge is 0.271 e. The lowest BCUT2D eigenvalue weighted by molar-refractivity contribution is -0.0220. The molecule has 3 rings (SSSR count). The number of aliphatic hydroxyl groups excluding tert-OH is 1. The van der Waals surface area contributed by atoms with E-state index in [1.165, 1.54) is 6.07 Å². The van der Waals surface area contributed by atoms with Crippen LogP contribution in [0.25, 0.3) is 0 Å². The molecule has 0 atom stereocenters. The lowest BCUT2D eigenvalue weighted by atomic mass is 9.93. The van der Waals surface area contributed by atoms with Crippen LogP contribution in [0.1, 0.15) is 31.6 Å². The van der Waals surface area contributed by atoms with Crippen LogP contribution < -0.4 is 9.62 Å². The number of aliphatic hydroxyl groups is 1. The highest BCUT2D eigenvalue weighted by molar-refractivity contribution is 7.94. The van der Waals surface area contributed by atoms with E-state index in [0.717, 1.165) is 16.2 Å². The van der Waals surface area contributed by atoms with E-state index >= 15 is 0 Å². The number of hydrogen-bond acceptors (Lipinski definition) is 5. The quantitative estimate of drug-likeness (QED) is 0.725. The number of para-hydroxylation sites is 2. The molecule has 0 amide bonds. The summed E-state index contributed by atoms with van der Waals surface area (Å²) in [6.45, 7) is 3.91. The highest BCUT2D eigenvalue weighted by Crippen LogP contribution is 2.36. The van der Waals surface area contributed by atoms with E-state index in [0.29, 0.717) is 11.4 Å². The van der Waals surface area contributed by atoms with E-state index in [1.807, 2.05) is 13.8 Å². The maximum absolute atomic E-state index is 13.5. The minimum atomic E-state index is -3.83. The van der Waals surface area contributed by atoms with E-state index in [9.17, 15) is 22.3 Å². The van der Waals surface area contributed by atoms with Gasteiger partial charge in [0.25, 0.3) is 15.9 Å². The Morgan fingerprint density at radius 2 is 1.82 bits per heavy atom. The molecule has 1 aromatic heterocycles. The fourth-order valence-electron chi connectivity index (χ4n) is 3.01. The van der Waals surface area contributed by atoms with Crippen molar-refractivity contribution in [1.29, 1.82) is 0 Å². The number of benzene rings is 1. The monoisotopic (exact) mass is 430 g/mol. The van der Waals surface area contributed by atoms with Crippen molar-refractivity contribution in [2.24, 2.45) is 0 Å². The van der Waals surface area contributed by atoms with Gasteiger partial charge in [-0.05, 0) is 24.3 Å². The van der Waals surface area contributed by atoms with Crippen molar-refractivity contribution in [3.63, 3.8) is 0 Å². The summed E-state index contributed by atoms with van der Waals surface area (Å²) < 4.78 is 55.4. The van der Waals surface area contributed by atoms with Gasteiger partial charge in [-0.2, -0.15) is 0 Å². The summed E-state index contributed by atoms with van der Waals surface area (Å²) in [4.78, 5) is 2.55. The van der Waals surface area contributed by atoms with E-state index in [1.54, 1.807) is 35.2 Å². The van der Waals surface area contributed by atoms with Gasteiger partial charge in [0.1, 0.15) is 4.21 Å². The lowest BCUT2D eigenvalue weighted by Gasteiger charge is -2.34. The Kier molecular flexibility index (Phi) is 5.71. The minimum Gasteiger partial charge on any atom is -0.395 e. The molecular weight excluding hydrogens is 406 g/mol. The number of anilines is 2. The van der Waals surface area contributed by atoms with Crippen LogP contribution in [-0.4, -0.2) is 39.1 Å². The van der Waals surface area contributed by atoms with Crippen LogP contribution in [-0.2, 0) is 15.4 Å². The molecule has 2 heterocycles. The third-order valence-electron chi connectivity index (χ3n) is 4.89. The van der Waals surface area contributed by atoms with Crippen molar-refractivity contribution in [2.75, 3.05) is 29.3 Å². The fourth-order valence-corrected chi connectivity index (χ4v) is 5.48. The zero-order chi connectivity index (χ0) is 20.6. The number of rotatable bonds is 6. The molecule has 1 fully saturated rings. The first kappa shape index (κ1) is 21.0. The van der Waals surface area contributed by atoms with Gasteiger partial charge in [0.15, 0.2) is 0 Å². The van der Waals surface area contributed by atoms with Crippen LogP contribution in [0.2, 0.25) is 0 Å². The Balaban J connectivity index is 1.84. The Morgan fingerprint density at radius 1 is 1.18 bits per heavy atom. The highest BCUT2D eigenvalue weighted by Gasteiger charge is 2.35. The summed E-state index contributed by atoms with van der Waals surface area (Å²) in [6, 6.07) is 10.0. The third kappa shape index (κ3) is 4.47. The van der Waals surface area contributed by atoms with Gasteiger partial charge < -0.3 is 10.0 Å². The topological polar surface area (TPSA) is 69.6 Å². The largest absolute Gasteiger partial charge is 0.395 e. The molecule has 1 saturated heterocycles.